The van der Waals surface area contributed by atoms with Gasteiger partial charge in [-0.2, -0.15) is 0 Å². The number of hydrogen-bond donors (Lipinski definition) is 3. The molecule has 2 aliphatic rings. The number of nitrogens with one attached hydrogen (secondary N) is 1. The quantitative estimate of drug-likeness (QED) is 0.604. The van der Waals surface area contributed by atoms with Crippen LogP contribution in [0.3, 0.4) is 0 Å². The Kier molecular flexibility index (Phi) is 7.65. The van der Waals surface area contributed by atoms with Crippen molar-refractivity contribution in [1.29, 1.82) is 0 Å². The number of likely N-dealkylation sites (tertiary alicyclic amines) is 1. The van der Waals surface area contributed by atoms with Crippen LogP contribution in [-0.2, 0) is 16.0 Å². The van der Waals surface area contributed by atoms with Crippen molar-refractivity contribution in [2.75, 3.05) is 13.1 Å². The second-order valence-electron chi connectivity index (χ2n) is 9.55. The average Bonchev–Trinajstić information content (AvgIpc) is 3.33. The topological polar surface area (TPSA) is 95.7 Å². The summed E-state index contributed by atoms with van der Waals surface area (Å²) in [6.07, 6.45) is 6.21. The Morgan fingerprint density at radius 2 is 1.70 bits per heavy atom. The van der Waals surface area contributed by atoms with E-state index < -0.39 is 6.04 Å². The van der Waals surface area contributed by atoms with Gasteiger partial charge in [-0.1, -0.05) is 42.5 Å². The third-order valence-electron chi connectivity index (χ3n) is 7.17. The summed E-state index contributed by atoms with van der Waals surface area (Å²) < 4.78 is 0. The highest BCUT2D eigenvalue weighted by molar-refractivity contribution is 5.91. The number of rotatable bonds is 7. The molecule has 176 valence electrons. The van der Waals surface area contributed by atoms with Gasteiger partial charge in [0.05, 0.1) is 5.92 Å². The lowest BCUT2D eigenvalue weighted by atomic mass is 9.86. The normalized spacial score (nSPS) is 23.8. The Hall–Kier alpha value is -2.86. The zero-order valence-electron chi connectivity index (χ0n) is 19.2. The lowest BCUT2D eigenvalue weighted by Gasteiger charge is -2.30. The fourth-order valence-corrected chi connectivity index (χ4v) is 5.16. The molecule has 1 saturated carbocycles. The van der Waals surface area contributed by atoms with Crippen LogP contribution in [0.1, 0.15) is 55.6 Å². The van der Waals surface area contributed by atoms with E-state index in [1.54, 1.807) is 17.0 Å². The molecule has 2 fully saturated rings. The summed E-state index contributed by atoms with van der Waals surface area (Å²) in [7, 11) is 0. The van der Waals surface area contributed by atoms with Gasteiger partial charge < -0.3 is 21.1 Å². The fraction of sp³-hybridized carbons (Fsp3) is 0.481. The maximum atomic E-state index is 13.8. The molecule has 2 amide bonds. The first-order valence-electron chi connectivity index (χ1n) is 12.2. The van der Waals surface area contributed by atoms with Crippen molar-refractivity contribution in [3.63, 3.8) is 0 Å². The van der Waals surface area contributed by atoms with Crippen molar-refractivity contribution in [2.24, 2.45) is 11.7 Å². The van der Waals surface area contributed by atoms with Crippen molar-refractivity contribution in [2.45, 2.75) is 62.9 Å². The molecule has 0 aromatic heterocycles. The van der Waals surface area contributed by atoms with Crippen LogP contribution in [0.25, 0.3) is 0 Å². The smallest absolute Gasteiger partial charge is 0.242 e. The molecule has 1 saturated heterocycles. The summed E-state index contributed by atoms with van der Waals surface area (Å²) in [4.78, 5) is 28.6. The van der Waals surface area contributed by atoms with Crippen LogP contribution < -0.4 is 11.1 Å². The molecule has 0 bridgehead atoms. The van der Waals surface area contributed by atoms with Crippen LogP contribution in [0.15, 0.2) is 54.6 Å². The van der Waals surface area contributed by atoms with Gasteiger partial charge >= 0.3 is 0 Å². The van der Waals surface area contributed by atoms with Gasteiger partial charge in [-0.15, -0.1) is 0 Å². The molecule has 2 aromatic rings. The van der Waals surface area contributed by atoms with Gasteiger partial charge in [0.15, 0.2) is 0 Å². The summed E-state index contributed by atoms with van der Waals surface area (Å²) in [5, 5.41) is 12.7. The molecule has 0 unspecified atom stereocenters. The minimum Gasteiger partial charge on any atom is -0.508 e. The van der Waals surface area contributed by atoms with Crippen molar-refractivity contribution >= 4 is 11.8 Å². The molecule has 6 nitrogen and oxygen atoms in total. The Bertz CT molecular complexity index is 923. The van der Waals surface area contributed by atoms with Crippen molar-refractivity contribution in [3.8, 4) is 5.75 Å². The molecule has 33 heavy (non-hydrogen) atoms. The number of carbonyl (C=O) groups excluding carboxylic acids is 2. The minimum absolute atomic E-state index is 0.00411. The maximum absolute atomic E-state index is 13.8. The number of benzene rings is 2. The molecule has 4 rings (SSSR count). The van der Waals surface area contributed by atoms with Crippen molar-refractivity contribution in [3.05, 3.63) is 65.7 Å². The fourth-order valence-electron chi connectivity index (χ4n) is 5.16. The standard InChI is InChI=1S/C27H35N3O3/c28-22-12-8-20(9-13-22)18-29-26(32)25-7-4-16-30(25)27(33)24(21-5-2-1-3-6-21)17-19-10-14-23(31)15-11-19/h1-3,5-6,10-11,14-15,20,22,24-25,31H,4,7-9,12-13,16-18,28H2,(H,29,32)/t20?,22?,24-,25-/m0/s1. The molecule has 4 N–H and O–H groups in total. The highest BCUT2D eigenvalue weighted by Crippen LogP contribution is 2.29. The summed E-state index contributed by atoms with van der Waals surface area (Å²) in [6.45, 7) is 1.27. The molecule has 1 aliphatic carbocycles. The number of carbonyl (C=O) groups is 2. The molecule has 0 spiro atoms. The highest BCUT2D eigenvalue weighted by atomic mass is 16.3. The van der Waals surface area contributed by atoms with E-state index in [1.165, 1.54) is 0 Å². The minimum atomic E-state index is -0.408. The first-order chi connectivity index (χ1) is 16.0. The van der Waals surface area contributed by atoms with E-state index >= 15 is 0 Å². The Labute approximate surface area is 196 Å². The monoisotopic (exact) mass is 449 g/mol. The zero-order chi connectivity index (χ0) is 23.2. The van der Waals surface area contributed by atoms with E-state index in [1.807, 2.05) is 42.5 Å². The van der Waals surface area contributed by atoms with E-state index in [-0.39, 0.29) is 23.5 Å². The molecule has 0 radical (unpaired) electrons. The van der Waals surface area contributed by atoms with Crippen molar-refractivity contribution in [1.82, 2.24) is 10.2 Å². The zero-order valence-corrected chi connectivity index (χ0v) is 19.2. The van der Waals surface area contributed by atoms with Crippen LogP contribution in [0.2, 0.25) is 0 Å². The number of aromatic hydroxyl groups is 1. The Balaban J connectivity index is 1.45. The molecule has 1 aliphatic heterocycles. The first-order valence-corrected chi connectivity index (χ1v) is 12.2. The molecule has 1 heterocycles. The second kappa shape index (κ2) is 10.8. The Morgan fingerprint density at radius 3 is 2.39 bits per heavy atom. The first kappa shape index (κ1) is 23.3. The maximum Gasteiger partial charge on any atom is 0.242 e. The predicted octanol–water partition coefficient (Wildman–Crippen LogP) is 3.34. The van der Waals surface area contributed by atoms with Gasteiger partial charge in [-0.05, 0) is 74.1 Å². The van der Waals surface area contributed by atoms with E-state index in [0.29, 0.717) is 37.9 Å². The molecule has 2 atom stereocenters. The van der Waals surface area contributed by atoms with E-state index in [4.69, 9.17) is 5.73 Å². The largest absolute Gasteiger partial charge is 0.508 e. The van der Waals surface area contributed by atoms with Crippen LogP contribution in [-0.4, -0.2) is 47.0 Å². The van der Waals surface area contributed by atoms with Gasteiger partial charge in [0.1, 0.15) is 11.8 Å². The number of hydrogen-bond acceptors (Lipinski definition) is 4. The van der Waals surface area contributed by atoms with Gasteiger partial charge in [-0.25, -0.2) is 0 Å². The van der Waals surface area contributed by atoms with Crippen LogP contribution in [0.5, 0.6) is 5.75 Å². The van der Waals surface area contributed by atoms with E-state index in [9.17, 15) is 14.7 Å². The average molecular weight is 450 g/mol. The van der Waals surface area contributed by atoms with Crippen molar-refractivity contribution < 1.29 is 14.7 Å². The number of phenolic OH excluding ortho intramolecular Hbond substituents is 1. The number of nitrogens with two attached hydrogens (primary N) is 1. The Morgan fingerprint density at radius 1 is 1.00 bits per heavy atom. The number of amides is 2. The third-order valence-corrected chi connectivity index (χ3v) is 7.17. The van der Waals surface area contributed by atoms with E-state index in [2.05, 4.69) is 5.32 Å². The summed E-state index contributed by atoms with van der Waals surface area (Å²) in [5.74, 6) is 0.273. The third kappa shape index (κ3) is 5.93. The summed E-state index contributed by atoms with van der Waals surface area (Å²) in [5.41, 5.74) is 7.92. The number of phenols is 1. The molecular weight excluding hydrogens is 414 g/mol. The van der Waals surface area contributed by atoms with Gasteiger partial charge in [0.25, 0.3) is 0 Å². The lowest BCUT2D eigenvalue weighted by molar-refractivity contribution is -0.139. The molecule has 2 aromatic carbocycles. The highest BCUT2D eigenvalue weighted by Gasteiger charge is 2.37. The second-order valence-corrected chi connectivity index (χ2v) is 9.55. The lowest BCUT2D eigenvalue weighted by Crippen LogP contribution is -2.48. The summed E-state index contributed by atoms with van der Waals surface area (Å²) in [6, 6.07) is 16.6. The molecule has 6 heteroatoms. The summed E-state index contributed by atoms with van der Waals surface area (Å²) >= 11 is 0. The van der Waals surface area contributed by atoms with E-state index in [0.717, 1.165) is 43.2 Å². The van der Waals surface area contributed by atoms with Crippen LogP contribution in [0.4, 0.5) is 0 Å². The van der Waals surface area contributed by atoms with Gasteiger partial charge in [0.2, 0.25) is 11.8 Å². The predicted molar refractivity (Wildman–Crippen MR) is 129 cm³/mol. The number of nitrogens with zero attached hydrogens (tertiary/aromatic N) is 1. The van der Waals surface area contributed by atoms with Crippen LogP contribution in [0, 0.1) is 5.92 Å². The van der Waals surface area contributed by atoms with Gasteiger partial charge in [-0.3, -0.25) is 9.59 Å². The SMILES string of the molecule is NC1CCC(CNC(=O)[C@@H]2CCCN2C(=O)[C@@H](Cc2ccc(O)cc2)c2ccccc2)CC1. The van der Waals surface area contributed by atoms with Crippen LogP contribution >= 0.6 is 0 Å². The molecular formula is C27H35N3O3. The van der Waals surface area contributed by atoms with Gasteiger partial charge in [0, 0.05) is 19.1 Å².